The van der Waals surface area contributed by atoms with Crippen LogP contribution in [-0.2, 0) is 11.2 Å². The zero-order chi connectivity index (χ0) is 18.7. The van der Waals surface area contributed by atoms with Gasteiger partial charge in [-0.1, -0.05) is 29.3 Å². The Morgan fingerprint density at radius 3 is 2.77 bits per heavy atom. The monoisotopic (exact) mass is 395 g/mol. The summed E-state index contributed by atoms with van der Waals surface area (Å²) < 4.78 is 5.33. The highest BCUT2D eigenvalue weighted by Crippen LogP contribution is 2.25. The van der Waals surface area contributed by atoms with Crippen molar-refractivity contribution in [1.29, 1.82) is 0 Å². The minimum absolute atomic E-state index is 0.00128. The van der Waals surface area contributed by atoms with E-state index < -0.39 is 5.56 Å². The third-order valence-electron chi connectivity index (χ3n) is 4.49. The fourth-order valence-corrected chi connectivity index (χ4v) is 3.56. The van der Waals surface area contributed by atoms with E-state index in [4.69, 9.17) is 27.9 Å². The lowest BCUT2D eigenvalue weighted by Crippen LogP contribution is -2.44. The molecule has 1 amide bonds. The Labute approximate surface area is 161 Å². The van der Waals surface area contributed by atoms with Crippen LogP contribution in [0.2, 0.25) is 10.0 Å². The van der Waals surface area contributed by atoms with Crippen molar-refractivity contribution in [2.75, 3.05) is 20.2 Å². The van der Waals surface area contributed by atoms with Crippen molar-refractivity contribution < 1.29 is 9.53 Å². The molecule has 1 aliphatic rings. The largest absolute Gasteiger partial charge is 0.380 e. The highest BCUT2D eigenvalue weighted by Gasteiger charge is 2.26. The number of carbonyl (C=O) groups excluding carboxylic acids is 1. The summed E-state index contributed by atoms with van der Waals surface area (Å²) in [5, 5.41) is 0.999. The second-order valence-electron chi connectivity index (χ2n) is 6.20. The van der Waals surface area contributed by atoms with Crippen molar-refractivity contribution in [1.82, 2.24) is 14.9 Å². The summed E-state index contributed by atoms with van der Waals surface area (Å²) in [7, 11) is 1.63. The van der Waals surface area contributed by atoms with Crippen LogP contribution in [0.3, 0.4) is 0 Å². The molecule has 1 aliphatic heterocycles. The van der Waals surface area contributed by atoms with E-state index in [0.29, 0.717) is 34.5 Å². The van der Waals surface area contributed by atoms with Gasteiger partial charge in [-0.3, -0.25) is 9.59 Å². The second-order valence-corrected chi connectivity index (χ2v) is 7.02. The predicted octanol–water partition coefficient (Wildman–Crippen LogP) is 2.92. The van der Waals surface area contributed by atoms with E-state index >= 15 is 0 Å². The molecule has 138 valence electrons. The van der Waals surface area contributed by atoms with E-state index in [9.17, 15) is 9.59 Å². The van der Waals surface area contributed by atoms with Crippen molar-refractivity contribution in [3.8, 4) is 0 Å². The summed E-state index contributed by atoms with van der Waals surface area (Å²) in [6.45, 7) is 1.08. The minimum Gasteiger partial charge on any atom is -0.380 e. The molecule has 3 rings (SSSR count). The van der Waals surface area contributed by atoms with E-state index in [-0.39, 0.29) is 24.0 Å². The van der Waals surface area contributed by atoms with E-state index in [1.807, 2.05) is 0 Å². The van der Waals surface area contributed by atoms with Gasteiger partial charge in [-0.15, -0.1) is 0 Å². The zero-order valence-electron chi connectivity index (χ0n) is 14.3. The Hall–Kier alpha value is -1.89. The van der Waals surface area contributed by atoms with E-state index in [1.54, 1.807) is 30.2 Å². The maximum absolute atomic E-state index is 12.6. The number of rotatable bonds is 4. The molecule has 1 unspecified atom stereocenters. The predicted molar refractivity (Wildman–Crippen MR) is 100 cm³/mol. The molecule has 2 aromatic rings. The SMILES string of the molecule is COC1CCCN(C(=O)c2cnc(Cc3c(Cl)cccc3Cl)[nH]c2=O)C1. The van der Waals surface area contributed by atoms with Crippen molar-refractivity contribution in [2.45, 2.75) is 25.4 Å². The van der Waals surface area contributed by atoms with E-state index in [2.05, 4.69) is 9.97 Å². The number of piperidine rings is 1. The summed E-state index contributed by atoms with van der Waals surface area (Å²) in [4.78, 5) is 33.5. The summed E-state index contributed by atoms with van der Waals surface area (Å²) in [6, 6.07) is 5.20. The number of likely N-dealkylation sites (tertiary alicyclic amines) is 1. The van der Waals surface area contributed by atoms with Gasteiger partial charge in [-0.05, 0) is 30.5 Å². The second kappa shape index (κ2) is 8.20. The summed E-state index contributed by atoms with van der Waals surface area (Å²) in [6.07, 6.45) is 3.35. The van der Waals surface area contributed by atoms with Gasteiger partial charge in [-0.2, -0.15) is 0 Å². The summed E-state index contributed by atoms with van der Waals surface area (Å²) in [5.74, 6) is 0.0674. The molecule has 0 saturated carbocycles. The van der Waals surface area contributed by atoms with Gasteiger partial charge in [0.2, 0.25) is 0 Å². The number of nitrogens with zero attached hydrogens (tertiary/aromatic N) is 2. The van der Waals surface area contributed by atoms with Gasteiger partial charge in [-0.25, -0.2) is 4.98 Å². The van der Waals surface area contributed by atoms with Crippen LogP contribution in [0.4, 0.5) is 0 Å². The summed E-state index contributed by atoms with van der Waals surface area (Å²) >= 11 is 12.3. The Kier molecular flexibility index (Phi) is 5.96. The van der Waals surface area contributed by atoms with Crippen LogP contribution in [0.15, 0.2) is 29.2 Å². The zero-order valence-corrected chi connectivity index (χ0v) is 15.8. The first-order valence-corrected chi connectivity index (χ1v) is 9.08. The number of aromatic amines is 1. The van der Waals surface area contributed by atoms with Crippen molar-refractivity contribution >= 4 is 29.1 Å². The van der Waals surface area contributed by atoms with Crippen LogP contribution < -0.4 is 5.56 Å². The molecule has 6 nitrogen and oxygen atoms in total. The van der Waals surface area contributed by atoms with Crippen molar-refractivity contribution in [3.05, 3.63) is 61.7 Å². The number of H-pyrrole nitrogens is 1. The van der Waals surface area contributed by atoms with Crippen LogP contribution >= 0.6 is 23.2 Å². The van der Waals surface area contributed by atoms with E-state index in [1.165, 1.54) is 6.20 Å². The molecule has 1 aromatic heterocycles. The number of aromatic nitrogens is 2. The van der Waals surface area contributed by atoms with Crippen LogP contribution in [-0.4, -0.2) is 47.1 Å². The maximum Gasteiger partial charge on any atom is 0.263 e. The lowest BCUT2D eigenvalue weighted by atomic mass is 10.1. The van der Waals surface area contributed by atoms with Gasteiger partial charge in [0.25, 0.3) is 11.5 Å². The number of nitrogens with one attached hydrogen (secondary N) is 1. The quantitative estimate of drug-likeness (QED) is 0.863. The average Bonchev–Trinajstić information content (AvgIpc) is 2.64. The lowest BCUT2D eigenvalue weighted by Gasteiger charge is -2.31. The van der Waals surface area contributed by atoms with Gasteiger partial charge in [0.05, 0.1) is 6.10 Å². The number of amides is 1. The molecule has 0 bridgehead atoms. The number of carbonyl (C=O) groups is 1. The number of ether oxygens (including phenoxy) is 1. The first-order valence-electron chi connectivity index (χ1n) is 8.32. The number of benzene rings is 1. The highest BCUT2D eigenvalue weighted by molar-refractivity contribution is 6.36. The molecule has 1 aromatic carbocycles. The number of hydrogen-bond acceptors (Lipinski definition) is 4. The molecular formula is C18H19Cl2N3O3. The van der Waals surface area contributed by atoms with Gasteiger partial charge >= 0.3 is 0 Å². The Morgan fingerprint density at radius 1 is 1.38 bits per heavy atom. The third-order valence-corrected chi connectivity index (χ3v) is 5.20. The molecule has 0 aliphatic carbocycles. The number of methoxy groups -OCH3 is 1. The van der Waals surface area contributed by atoms with Gasteiger partial charge in [0, 0.05) is 42.9 Å². The molecule has 0 spiro atoms. The first-order chi connectivity index (χ1) is 12.5. The standard InChI is InChI=1S/C18H19Cl2N3O3/c1-26-11-4-3-7-23(10-11)18(25)13-9-21-16(22-17(13)24)8-12-14(19)5-2-6-15(12)20/h2,5-6,9,11H,3-4,7-8,10H2,1H3,(H,21,22,24). The molecular weight excluding hydrogens is 377 g/mol. The highest BCUT2D eigenvalue weighted by atomic mass is 35.5. The molecule has 1 fully saturated rings. The first kappa shape index (κ1) is 18.9. The fraction of sp³-hybridized carbons (Fsp3) is 0.389. The molecule has 2 heterocycles. The van der Waals surface area contributed by atoms with Crippen LogP contribution in [0.1, 0.15) is 34.6 Å². The van der Waals surface area contributed by atoms with Crippen LogP contribution in [0.25, 0.3) is 0 Å². The molecule has 0 radical (unpaired) electrons. The third kappa shape index (κ3) is 4.09. The number of halogens is 2. The number of hydrogen-bond donors (Lipinski definition) is 1. The average molecular weight is 396 g/mol. The summed E-state index contributed by atoms with van der Waals surface area (Å²) in [5.41, 5.74) is 0.232. The fourth-order valence-electron chi connectivity index (χ4n) is 3.03. The topological polar surface area (TPSA) is 75.3 Å². The minimum atomic E-state index is -0.470. The van der Waals surface area contributed by atoms with Crippen LogP contribution in [0, 0.1) is 0 Å². The van der Waals surface area contributed by atoms with Crippen molar-refractivity contribution in [2.24, 2.45) is 0 Å². The Morgan fingerprint density at radius 2 is 2.12 bits per heavy atom. The maximum atomic E-state index is 12.6. The molecule has 1 atom stereocenters. The smallest absolute Gasteiger partial charge is 0.263 e. The van der Waals surface area contributed by atoms with Gasteiger partial charge < -0.3 is 14.6 Å². The van der Waals surface area contributed by atoms with E-state index in [0.717, 1.165) is 12.8 Å². The molecule has 26 heavy (non-hydrogen) atoms. The lowest BCUT2D eigenvalue weighted by molar-refractivity contribution is 0.0267. The normalized spacial score (nSPS) is 17.3. The van der Waals surface area contributed by atoms with Crippen LogP contribution in [0.5, 0.6) is 0 Å². The van der Waals surface area contributed by atoms with Crippen molar-refractivity contribution in [3.63, 3.8) is 0 Å². The Bertz CT molecular complexity index is 849. The molecule has 1 saturated heterocycles. The van der Waals surface area contributed by atoms with Gasteiger partial charge in [0.1, 0.15) is 11.4 Å². The molecule has 1 N–H and O–H groups in total. The van der Waals surface area contributed by atoms with Gasteiger partial charge in [0.15, 0.2) is 0 Å². The molecule has 8 heteroatoms. The Balaban J connectivity index is 1.79.